The fourth-order valence-corrected chi connectivity index (χ4v) is 4.66. The van der Waals surface area contributed by atoms with Gasteiger partial charge in [-0.05, 0) is 62.2 Å². The summed E-state index contributed by atoms with van der Waals surface area (Å²) in [4.78, 5) is 16.8. The molecule has 0 saturated carbocycles. The summed E-state index contributed by atoms with van der Waals surface area (Å²) in [5.41, 5.74) is 1.78. The summed E-state index contributed by atoms with van der Waals surface area (Å²) < 4.78 is 7.29. The van der Waals surface area contributed by atoms with E-state index in [2.05, 4.69) is 16.1 Å². The van der Waals surface area contributed by atoms with Gasteiger partial charge in [0, 0.05) is 32.5 Å². The van der Waals surface area contributed by atoms with Crippen molar-refractivity contribution in [3.05, 3.63) is 42.2 Å². The zero-order valence-electron chi connectivity index (χ0n) is 16.5. The van der Waals surface area contributed by atoms with E-state index < -0.39 is 11.5 Å². The Labute approximate surface area is 165 Å². The number of methoxy groups -OCH3 is 1. The van der Waals surface area contributed by atoms with Gasteiger partial charge in [-0.3, -0.25) is 9.69 Å². The molecule has 28 heavy (non-hydrogen) atoms. The van der Waals surface area contributed by atoms with Crippen molar-refractivity contribution in [1.82, 2.24) is 19.6 Å². The molecular formula is C21H28N4O3. The highest BCUT2D eigenvalue weighted by molar-refractivity contribution is 5.83. The number of carbonyl (C=O) groups excluding carboxylic acids is 1. The molecule has 0 aliphatic carbocycles. The number of carbonyl (C=O) groups is 1. The lowest BCUT2D eigenvalue weighted by molar-refractivity contribution is -0.154. The number of aromatic nitrogens is 2. The molecule has 1 atom stereocenters. The molecule has 7 nitrogen and oxygen atoms in total. The maximum atomic E-state index is 12.8. The van der Waals surface area contributed by atoms with Crippen LogP contribution in [0.15, 0.2) is 36.7 Å². The van der Waals surface area contributed by atoms with E-state index in [9.17, 15) is 9.90 Å². The first-order valence-corrected chi connectivity index (χ1v) is 9.84. The molecule has 0 bridgehead atoms. The van der Waals surface area contributed by atoms with E-state index in [0.29, 0.717) is 13.0 Å². The quantitative estimate of drug-likeness (QED) is 0.869. The number of piperidine rings is 2. The van der Waals surface area contributed by atoms with Crippen LogP contribution in [0.3, 0.4) is 0 Å². The third kappa shape index (κ3) is 3.52. The number of aliphatic hydroxyl groups excluding tert-OH is 1. The number of aliphatic hydroxyl groups is 1. The predicted octanol–water partition coefficient (Wildman–Crippen LogP) is 1.69. The molecule has 1 unspecified atom stereocenters. The van der Waals surface area contributed by atoms with Crippen LogP contribution < -0.4 is 4.74 Å². The monoisotopic (exact) mass is 384 g/mol. The van der Waals surface area contributed by atoms with Crippen molar-refractivity contribution in [2.45, 2.75) is 31.9 Å². The van der Waals surface area contributed by atoms with Crippen LogP contribution >= 0.6 is 0 Å². The number of rotatable bonds is 4. The van der Waals surface area contributed by atoms with Crippen molar-refractivity contribution in [2.75, 3.05) is 33.8 Å². The number of hydrogen-bond donors (Lipinski definition) is 1. The van der Waals surface area contributed by atoms with E-state index in [-0.39, 0.29) is 5.91 Å². The average Bonchev–Trinajstić information content (AvgIpc) is 3.22. The Kier molecular flexibility index (Phi) is 5.12. The van der Waals surface area contributed by atoms with E-state index in [1.165, 1.54) is 0 Å². The molecule has 3 heterocycles. The van der Waals surface area contributed by atoms with E-state index >= 15 is 0 Å². The van der Waals surface area contributed by atoms with Gasteiger partial charge in [-0.25, -0.2) is 4.68 Å². The van der Waals surface area contributed by atoms with Gasteiger partial charge in [0.25, 0.3) is 0 Å². The first kappa shape index (κ1) is 19.0. The van der Waals surface area contributed by atoms with Crippen LogP contribution in [0.2, 0.25) is 0 Å². The van der Waals surface area contributed by atoms with Gasteiger partial charge in [0.2, 0.25) is 5.91 Å². The van der Waals surface area contributed by atoms with Crippen LogP contribution in [0, 0.1) is 5.41 Å². The molecule has 150 valence electrons. The largest absolute Gasteiger partial charge is 0.497 e. The topological polar surface area (TPSA) is 70.8 Å². The minimum Gasteiger partial charge on any atom is -0.497 e. The lowest BCUT2D eigenvalue weighted by Crippen LogP contribution is -2.56. The maximum Gasteiger partial charge on any atom is 0.228 e. The molecule has 2 aliphatic rings. The molecule has 0 radical (unpaired) electrons. The summed E-state index contributed by atoms with van der Waals surface area (Å²) in [7, 11) is 3.47. The van der Waals surface area contributed by atoms with Gasteiger partial charge >= 0.3 is 0 Å². The SMILES string of the molecule is COc1ccc(-n2cccn2)c(CN2CCC3(CC2)CC(O)CN(C)C3=O)c1. The second kappa shape index (κ2) is 7.56. The van der Waals surface area contributed by atoms with E-state index in [1.54, 1.807) is 25.3 Å². The van der Waals surface area contributed by atoms with Gasteiger partial charge < -0.3 is 14.7 Å². The Balaban J connectivity index is 1.50. The van der Waals surface area contributed by atoms with Gasteiger partial charge in [0.05, 0.1) is 24.3 Å². The Bertz CT molecular complexity index is 828. The molecule has 2 fully saturated rings. The maximum absolute atomic E-state index is 12.8. The molecule has 1 amide bonds. The lowest BCUT2D eigenvalue weighted by Gasteiger charge is -2.47. The number of ether oxygens (including phenoxy) is 1. The standard InChI is InChI=1S/C21H28N4O3/c1-23-15-17(26)13-21(20(23)27)6-10-24(11-7-21)14-16-12-18(28-2)4-5-19(16)25-9-3-8-22-25/h3-5,8-9,12,17,26H,6-7,10-11,13-15H2,1-2H3. The zero-order valence-corrected chi connectivity index (χ0v) is 16.5. The molecule has 2 aromatic rings. The molecule has 1 spiro atoms. The van der Waals surface area contributed by atoms with Gasteiger partial charge in [-0.15, -0.1) is 0 Å². The van der Waals surface area contributed by atoms with Crippen LogP contribution in [0.25, 0.3) is 5.69 Å². The van der Waals surface area contributed by atoms with E-state index in [1.807, 2.05) is 29.1 Å². The summed E-state index contributed by atoms with van der Waals surface area (Å²) in [5, 5.41) is 14.6. The first-order chi connectivity index (χ1) is 13.5. The number of likely N-dealkylation sites (tertiary alicyclic amines) is 2. The highest BCUT2D eigenvalue weighted by atomic mass is 16.5. The van der Waals surface area contributed by atoms with Gasteiger partial charge in [0.15, 0.2) is 0 Å². The molecule has 4 rings (SSSR count). The van der Waals surface area contributed by atoms with E-state index in [0.717, 1.165) is 49.5 Å². The fourth-order valence-electron chi connectivity index (χ4n) is 4.66. The van der Waals surface area contributed by atoms with Gasteiger partial charge in [-0.1, -0.05) is 0 Å². The molecule has 7 heteroatoms. The van der Waals surface area contributed by atoms with Crippen LogP contribution in [-0.2, 0) is 11.3 Å². The number of benzene rings is 1. The smallest absolute Gasteiger partial charge is 0.228 e. The zero-order chi connectivity index (χ0) is 19.7. The number of β-amino-alcohol motifs (C(OH)–C–C–N with tert-alkyl or cyclic N) is 1. The third-order valence-corrected chi connectivity index (χ3v) is 6.16. The third-order valence-electron chi connectivity index (χ3n) is 6.16. The second-order valence-electron chi connectivity index (χ2n) is 8.05. The number of nitrogens with zero attached hydrogens (tertiary/aromatic N) is 4. The normalized spacial score (nSPS) is 22.6. The summed E-state index contributed by atoms with van der Waals surface area (Å²) in [5.74, 6) is 1.02. The lowest BCUT2D eigenvalue weighted by atomic mass is 9.71. The fraction of sp³-hybridized carbons (Fsp3) is 0.524. The van der Waals surface area contributed by atoms with Crippen LogP contribution in [0.5, 0.6) is 5.75 Å². The second-order valence-corrected chi connectivity index (χ2v) is 8.05. The Morgan fingerprint density at radius 3 is 2.79 bits per heavy atom. The van der Waals surface area contributed by atoms with Crippen molar-refractivity contribution in [3.8, 4) is 11.4 Å². The Hall–Kier alpha value is -2.38. The summed E-state index contributed by atoms with van der Waals surface area (Å²) in [6.07, 6.45) is 5.45. The average molecular weight is 384 g/mol. The van der Waals surface area contributed by atoms with Crippen molar-refractivity contribution >= 4 is 5.91 Å². The minimum absolute atomic E-state index is 0.191. The molecule has 2 saturated heterocycles. The number of amides is 1. The highest BCUT2D eigenvalue weighted by Crippen LogP contribution is 2.41. The van der Waals surface area contributed by atoms with E-state index in [4.69, 9.17) is 4.74 Å². The predicted molar refractivity (Wildman–Crippen MR) is 105 cm³/mol. The van der Waals surface area contributed by atoms with Crippen molar-refractivity contribution in [1.29, 1.82) is 0 Å². The minimum atomic E-state index is -0.418. The molecule has 2 aliphatic heterocycles. The molecule has 1 aromatic heterocycles. The first-order valence-electron chi connectivity index (χ1n) is 9.84. The number of hydrogen-bond acceptors (Lipinski definition) is 5. The molecule has 1 N–H and O–H groups in total. The van der Waals surface area contributed by atoms with Crippen LogP contribution in [-0.4, -0.2) is 70.5 Å². The van der Waals surface area contributed by atoms with Gasteiger partial charge in [-0.2, -0.15) is 5.10 Å². The highest BCUT2D eigenvalue weighted by Gasteiger charge is 2.47. The number of likely N-dealkylation sites (N-methyl/N-ethyl adjacent to an activating group) is 1. The summed E-state index contributed by atoms with van der Waals surface area (Å²) >= 11 is 0. The molecule has 1 aromatic carbocycles. The van der Waals surface area contributed by atoms with Crippen LogP contribution in [0.1, 0.15) is 24.8 Å². The van der Waals surface area contributed by atoms with Crippen molar-refractivity contribution < 1.29 is 14.6 Å². The van der Waals surface area contributed by atoms with Crippen molar-refractivity contribution in [3.63, 3.8) is 0 Å². The van der Waals surface area contributed by atoms with Crippen molar-refractivity contribution in [2.24, 2.45) is 5.41 Å². The summed E-state index contributed by atoms with van der Waals surface area (Å²) in [6.45, 7) is 2.89. The Morgan fingerprint density at radius 2 is 2.11 bits per heavy atom. The Morgan fingerprint density at radius 1 is 1.32 bits per heavy atom. The van der Waals surface area contributed by atoms with Crippen LogP contribution in [0.4, 0.5) is 0 Å². The van der Waals surface area contributed by atoms with Gasteiger partial charge in [0.1, 0.15) is 5.75 Å². The summed E-state index contributed by atoms with van der Waals surface area (Å²) in [6, 6.07) is 7.95. The molecular weight excluding hydrogens is 356 g/mol.